The molecule has 0 amide bonds. The van der Waals surface area contributed by atoms with Crippen molar-refractivity contribution in [3.05, 3.63) is 26.8 Å². The second-order valence-electron chi connectivity index (χ2n) is 2.80. The van der Waals surface area contributed by atoms with Gasteiger partial charge in [-0.3, -0.25) is 4.57 Å². The van der Waals surface area contributed by atoms with Gasteiger partial charge in [0.25, 0.3) is 0 Å². The number of aromatic nitrogens is 2. The molecular formula is C8H7BrN2O2. The van der Waals surface area contributed by atoms with Crippen molar-refractivity contribution < 1.29 is 4.42 Å². The average molecular weight is 243 g/mol. The molecule has 0 atom stereocenters. The molecule has 5 heteroatoms. The summed E-state index contributed by atoms with van der Waals surface area (Å²) in [5, 5.41) is 0. The van der Waals surface area contributed by atoms with Crippen LogP contribution in [0, 0.1) is 6.92 Å². The number of rotatable bonds is 0. The summed E-state index contributed by atoms with van der Waals surface area (Å²) in [4.78, 5) is 15.3. The highest BCUT2D eigenvalue weighted by Gasteiger charge is 2.08. The van der Waals surface area contributed by atoms with Gasteiger partial charge >= 0.3 is 5.76 Å². The van der Waals surface area contributed by atoms with E-state index in [0.29, 0.717) is 11.2 Å². The molecule has 4 nitrogen and oxygen atoms in total. The first-order valence-corrected chi connectivity index (χ1v) is 4.51. The van der Waals surface area contributed by atoms with Crippen LogP contribution in [-0.2, 0) is 7.05 Å². The maximum atomic E-state index is 11.1. The molecule has 0 N–H and O–H groups in total. The lowest BCUT2D eigenvalue weighted by Gasteiger charge is -1.96. The van der Waals surface area contributed by atoms with Gasteiger partial charge in [-0.05, 0) is 22.9 Å². The van der Waals surface area contributed by atoms with Gasteiger partial charge in [0, 0.05) is 17.6 Å². The molecule has 0 aliphatic carbocycles. The summed E-state index contributed by atoms with van der Waals surface area (Å²) in [7, 11) is 1.63. The molecule has 0 radical (unpaired) electrons. The Morgan fingerprint density at radius 2 is 2.31 bits per heavy atom. The Morgan fingerprint density at radius 1 is 1.62 bits per heavy atom. The zero-order chi connectivity index (χ0) is 9.59. The first kappa shape index (κ1) is 8.50. The molecule has 0 bridgehead atoms. The Bertz CT molecular complexity index is 527. The lowest BCUT2D eigenvalue weighted by atomic mass is 10.4. The summed E-state index contributed by atoms with van der Waals surface area (Å²) < 4.78 is 7.18. The molecule has 0 saturated carbocycles. The van der Waals surface area contributed by atoms with Crippen LogP contribution in [0.2, 0.25) is 0 Å². The van der Waals surface area contributed by atoms with Crippen LogP contribution in [0.4, 0.5) is 0 Å². The van der Waals surface area contributed by atoms with Crippen LogP contribution in [0.1, 0.15) is 5.69 Å². The molecule has 0 aliphatic rings. The third-order valence-electron chi connectivity index (χ3n) is 1.89. The lowest BCUT2D eigenvalue weighted by Crippen LogP contribution is -2.09. The summed E-state index contributed by atoms with van der Waals surface area (Å²) in [5.74, 6) is -0.389. The Labute approximate surface area is 82.3 Å². The number of fused-ring (bicyclic) bond motifs is 1. The maximum Gasteiger partial charge on any atom is 0.420 e. The SMILES string of the molecule is Cc1nc2c(cc1Br)oc(=O)n2C. The molecule has 2 heterocycles. The topological polar surface area (TPSA) is 48.0 Å². The highest BCUT2D eigenvalue weighted by molar-refractivity contribution is 9.10. The van der Waals surface area contributed by atoms with Crippen molar-refractivity contribution in [3.63, 3.8) is 0 Å². The molecule has 0 unspecified atom stereocenters. The molecule has 2 rings (SSSR count). The summed E-state index contributed by atoms with van der Waals surface area (Å²) in [6.07, 6.45) is 0. The second kappa shape index (κ2) is 2.70. The molecular weight excluding hydrogens is 236 g/mol. The largest absolute Gasteiger partial charge is 0.420 e. The van der Waals surface area contributed by atoms with Gasteiger partial charge in [-0.2, -0.15) is 0 Å². The molecule has 13 heavy (non-hydrogen) atoms. The van der Waals surface area contributed by atoms with Gasteiger partial charge in [0.2, 0.25) is 0 Å². The zero-order valence-electron chi connectivity index (χ0n) is 7.17. The van der Waals surface area contributed by atoms with Crippen LogP contribution >= 0.6 is 15.9 Å². The standard InChI is InChI=1S/C8H7BrN2O2/c1-4-5(9)3-6-7(10-4)11(2)8(12)13-6/h3H,1-2H3. The monoisotopic (exact) mass is 242 g/mol. The highest BCUT2D eigenvalue weighted by atomic mass is 79.9. The highest BCUT2D eigenvalue weighted by Crippen LogP contribution is 2.19. The Kier molecular flexibility index (Phi) is 1.76. The number of hydrogen-bond donors (Lipinski definition) is 0. The van der Waals surface area contributed by atoms with Gasteiger partial charge in [-0.25, -0.2) is 9.78 Å². The Balaban J connectivity index is 2.97. The minimum atomic E-state index is -0.389. The van der Waals surface area contributed by atoms with E-state index in [-0.39, 0.29) is 5.76 Å². The first-order valence-electron chi connectivity index (χ1n) is 3.72. The van der Waals surface area contributed by atoms with E-state index in [1.165, 1.54) is 4.57 Å². The minimum Gasteiger partial charge on any atom is -0.406 e. The van der Waals surface area contributed by atoms with Crippen LogP contribution in [-0.4, -0.2) is 9.55 Å². The molecule has 0 fully saturated rings. The molecule has 0 aliphatic heterocycles. The number of oxazole rings is 1. The third kappa shape index (κ3) is 1.19. The molecule has 0 spiro atoms. The second-order valence-corrected chi connectivity index (χ2v) is 3.66. The number of hydrogen-bond acceptors (Lipinski definition) is 3. The van der Waals surface area contributed by atoms with E-state index >= 15 is 0 Å². The van der Waals surface area contributed by atoms with Gasteiger partial charge in [0.1, 0.15) is 0 Å². The molecule has 0 aromatic carbocycles. The van der Waals surface area contributed by atoms with Crippen molar-refractivity contribution in [2.24, 2.45) is 7.05 Å². The van der Waals surface area contributed by atoms with Gasteiger partial charge < -0.3 is 4.42 Å². The normalized spacial score (nSPS) is 11.0. The van der Waals surface area contributed by atoms with Crippen LogP contribution in [0.5, 0.6) is 0 Å². The summed E-state index contributed by atoms with van der Waals surface area (Å²) in [5.41, 5.74) is 1.92. The molecule has 2 aromatic rings. The quantitative estimate of drug-likeness (QED) is 0.706. The fraction of sp³-hybridized carbons (Fsp3) is 0.250. The van der Waals surface area contributed by atoms with E-state index in [1.807, 2.05) is 6.92 Å². The Hall–Kier alpha value is -1.10. The van der Waals surface area contributed by atoms with Crippen molar-refractivity contribution in [1.82, 2.24) is 9.55 Å². The number of nitrogens with zero attached hydrogens (tertiary/aromatic N) is 2. The molecule has 2 aromatic heterocycles. The van der Waals surface area contributed by atoms with Gasteiger partial charge in [0.05, 0.1) is 5.69 Å². The lowest BCUT2D eigenvalue weighted by molar-refractivity contribution is 0.528. The van der Waals surface area contributed by atoms with Crippen LogP contribution in [0.15, 0.2) is 19.8 Å². The van der Waals surface area contributed by atoms with E-state index in [9.17, 15) is 4.79 Å². The predicted octanol–water partition coefficient (Wildman–Crippen LogP) is 1.60. The summed E-state index contributed by atoms with van der Waals surface area (Å²) in [6.45, 7) is 1.86. The fourth-order valence-electron chi connectivity index (χ4n) is 1.12. The minimum absolute atomic E-state index is 0.389. The van der Waals surface area contributed by atoms with Crippen LogP contribution in [0.25, 0.3) is 11.2 Å². The van der Waals surface area contributed by atoms with Gasteiger partial charge in [0.15, 0.2) is 11.2 Å². The van der Waals surface area contributed by atoms with Gasteiger partial charge in [-0.1, -0.05) is 0 Å². The number of aryl methyl sites for hydroxylation is 2. The zero-order valence-corrected chi connectivity index (χ0v) is 8.75. The smallest absolute Gasteiger partial charge is 0.406 e. The van der Waals surface area contributed by atoms with Crippen molar-refractivity contribution in [3.8, 4) is 0 Å². The van der Waals surface area contributed by atoms with Crippen LogP contribution < -0.4 is 5.76 Å². The molecule has 68 valence electrons. The van der Waals surface area contributed by atoms with Crippen molar-refractivity contribution >= 4 is 27.2 Å². The number of pyridine rings is 1. The van der Waals surface area contributed by atoms with E-state index in [0.717, 1.165) is 10.2 Å². The summed E-state index contributed by atoms with van der Waals surface area (Å²) in [6, 6.07) is 1.75. The van der Waals surface area contributed by atoms with Crippen molar-refractivity contribution in [2.75, 3.05) is 0 Å². The predicted molar refractivity (Wildman–Crippen MR) is 51.7 cm³/mol. The van der Waals surface area contributed by atoms with E-state index in [2.05, 4.69) is 20.9 Å². The first-order chi connectivity index (χ1) is 6.09. The average Bonchev–Trinajstić information content (AvgIpc) is 2.32. The number of halogens is 1. The van der Waals surface area contributed by atoms with E-state index < -0.39 is 0 Å². The van der Waals surface area contributed by atoms with Crippen molar-refractivity contribution in [1.29, 1.82) is 0 Å². The molecule has 0 saturated heterocycles. The summed E-state index contributed by atoms with van der Waals surface area (Å²) >= 11 is 3.32. The van der Waals surface area contributed by atoms with Crippen LogP contribution in [0.3, 0.4) is 0 Å². The third-order valence-corrected chi connectivity index (χ3v) is 2.69. The van der Waals surface area contributed by atoms with E-state index in [1.54, 1.807) is 13.1 Å². The maximum absolute atomic E-state index is 11.1. The van der Waals surface area contributed by atoms with E-state index in [4.69, 9.17) is 4.42 Å². The van der Waals surface area contributed by atoms with Crippen molar-refractivity contribution in [2.45, 2.75) is 6.92 Å². The fourth-order valence-corrected chi connectivity index (χ4v) is 1.41. The Morgan fingerprint density at radius 3 is 3.00 bits per heavy atom. The van der Waals surface area contributed by atoms with Gasteiger partial charge in [-0.15, -0.1) is 0 Å².